The van der Waals surface area contributed by atoms with Crippen LogP contribution in [0.3, 0.4) is 0 Å². The standard InChI is InChI=1S/C14H21F3N4/c1-3-11-9-20(2)5-4-6-21(11)13-8-10(14(15,16)17)7-12(18)19-13/h7-8,11H,3-6,9H2,1-2H3,(H2,18,19). The normalized spacial score (nSPS) is 21.4. The van der Waals surface area contributed by atoms with Crippen LogP contribution in [0, 0.1) is 0 Å². The highest BCUT2D eigenvalue weighted by Gasteiger charge is 2.33. The van der Waals surface area contributed by atoms with Gasteiger partial charge in [-0.15, -0.1) is 0 Å². The van der Waals surface area contributed by atoms with Gasteiger partial charge in [-0.3, -0.25) is 0 Å². The van der Waals surface area contributed by atoms with Crippen LogP contribution in [0.25, 0.3) is 0 Å². The maximum atomic E-state index is 12.9. The molecular weight excluding hydrogens is 281 g/mol. The van der Waals surface area contributed by atoms with Crippen LogP contribution in [-0.4, -0.2) is 42.6 Å². The number of halogens is 3. The third kappa shape index (κ3) is 3.78. The summed E-state index contributed by atoms with van der Waals surface area (Å²) in [5.74, 6) is 0.233. The average Bonchev–Trinajstić information content (AvgIpc) is 2.58. The Labute approximate surface area is 122 Å². The van der Waals surface area contributed by atoms with E-state index in [1.165, 1.54) is 0 Å². The van der Waals surface area contributed by atoms with Crippen LogP contribution in [0.5, 0.6) is 0 Å². The number of alkyl halides is 3. The molecule has 7 heteroatoms. The fourth-order valence-corrected chi connectivity index (χ4v) is 2.74. The van der Waals surface area contributed by atoms with Gasteiger partial charge in [0.1, 0.15) is 11.6 Å². The maximum absolute atomic E-state index is 12.9. The van der Waals surface area contributed by atoms with Gasteiger partial charge in [0, 0.05) is 19.1 Å². The highest BCUT2D eigenvalue weighted by atomic mass is 19.4. The molecule has 4 nitrogen and oxygen atoms in total. The summed E-state index contributed by atoms with van der Waals surface area (Å²) in [4.78, 5) is 8.27. The molecule has 1 saturated heterocycles. The summed E-state index contributed by atoms with van der Waals surface area (Å²) in [5, 5.41) is 0. The summed E-state index contributed by atoms with van der Waals surface area (Å²) < 4.78 is 38.8. The van der Waals surface area contributed by atoms with Gasteiger partial charge in [0.05, 0.1) is 5.56 Å². The first-order chi connectivity index (χ1) is 9.81. The quantitative estimate of drug-likeness (QED) is 0.912. The number of nitrogens with two attached hydrogens (primary N) is 1. The van der Waals surface area contributed by atoms with Crippen LogP contribution in [0.4, 0.5) is 24.8 Å². The molecule has 0 amide bonds. The van der Waals surface area contributed by atoms with Gasteiger partial charge in [0.25, 0.3) is 0 Å². The lowest BCUT2D eigenvalue weighted by molar-refractivity contribution is -0.137. The van der Waals surface area contributed by atoms with Crippen molar-refractivity contribution in [2.24, 2.45) is 0 Å². The summed E-state index contributed by atoms with van der Waals surface area (Å²) in [6.45, 7) is 4.47. The van der Waals surface area contributed by atoms with Gasteiger partial charge in [0.15, 0.2) is 0 Å². The van der Waals surface area contributed by atoms with E-state index in [4.69, 9.17) is 5.73 Å². The van der Waals surface area contributed by atoms with Gasteiger partial charge in [-0.1, -0.05) is 6.92 Å². The number of nitrogens with zero attached hydrogens (tertiary/aromatic N) is 3. The van der Waals surface area contributed by atoms with Crippen LogP contribution in [0.1, 0.15) is 25.3 Å². The van der Waals surface area contributed by atoms with Crippen molar-refractivity contribution in [1.29, 1.82) is 0 Å². The van der Waals surface area contributed by atoms with Gasteiger partial charge >= 0.3 is 6.18 Å². The van der Waals surface area contributed by atoms with E-state index in [2.05, 4.69) is 9.88 Å². The predicted molar refractivity (Wildman–Crippen MR) is 77.2 cm³/mol. The zero-order chi connectivity index (χ0) is 15.6. The summed E-state index contributed by atoms with van der Waals surface area (Å²) in [6, 6.07) is 2.13. The summed E-state index contributed by atoms with van der Waals surface area (Å²) >= 11 is 0. The van der Waals surface area contributed by atoms with E-state index in [0.717, 1.165) is 38.1 Å². The number of anilines is 2. The topological polar surface area (TPSA) is 45.4 Å². The van der Waals surface area contributed by atoms with E-state index in [1.807, 2.05) is 18.9 Å². The highest BCUT2D eigenvalue weighted by molar-refractivity contribution is 5.50. The van der Waals surface area contributed by atoms with Gasteiger partial charge in [0.2, 0.25) is 0 Å². The molecule has 21 heavy (non-hydrogen) atoms. The second kappa shape index (κ2) is 6.09. The number of pyridine rings is 1. The van der Waals surface area contributed by atoms with E-state index in [0.29, 0.717) is 12.4 Å². The van der Waals surface area contributed by atoms with Gasteiger partial charge in [-0.2, -0.15) is 13.2 Å². The number of aromatic nitrogens is 1. The molecule has 2 N–H and O–H groups in total. The number of nitrogen functional groups attached to an aromatic ring is 1. The van der Waals surface area contributed by atoms with Gasteiger partial charge in [-0.25, -0.2) is 4.98 Å². The molecule has 0 aliphatic carbocycles. The van der Waals surface area contributed by atoms with Crippen molar-refractivity contribution in [3.05, 3.63) is 17.7 Å². The first-order valence-corrected chi connectivity index (χ1v) is 7.11. The largest absolute Gasteiger partial charge is 0.416 e. The van der Waals surface area contributed by atoms with Crippen molar-refractivity contribution in [2.75, 3.05) is 37.3 Å². The lowest BCUT2D eigenvalue weighted by atomic mass is 10.1. The van der Waals surface area contributed by atoms with Crippen LogP contribution >= 0.6 is 0 Å². The Bertz CT molecular complexity index is 490. The van der Waals surface area contributed by atoms with E-state index < -0.39 is 11.7 Å². The number of likely N-dealkylation sites (N-methyl/N-ethyl adjacent to an activating group) is 1. The maximum Gasteiger partial charge on any atom is 0.416 e. The second-order valence-electron chi connectivity index (χ2n) is 5.51. The highest BCUT2D eigenvalue weighted by Crippen LogP contribution is 2.33. The minimum Gasteiger partial charge on any atom is -0.384 e. The SMILES string of the molecule is CCC1CN(C)CCCN1c1cc(C(F)(F)F)cc(N)n1. The molecule has 1 unspecified atom stereocenters. The van der Waals surface area contributed by atoms with Crippen molar-refractivity contribution in [1.82, 2.24) is 9.88 Å². The van der Waals surface area contributed by atoms with Crippen molar-refractivity contribution in [2.45, 2.75) is 32.0 Å². The van der Waals surface area contributed by atoms with E-state index in [1.54, 1.807) is 0 Å². The van der Waals surface area contributed by atoms with Crippen LogP contribution < -0.4 is 10.6 Å². The van der Waals surface area contributed by atoms with Crippen molar-refractivity contribution in [3.8, 4) is 0 Å². The fourth-order valence-electron chi connectivity index (χ4n) is 2.74. The van der Waals surface area contributed by atoms with Crippen molar-refractivity contribution < 1.29 is 13.2 Å². The molecule has 0 spiro atoms. The molecule has 0 saturated carbocycles. The molecule has 1 aliphatic rings. The Balaban J connectivity index is 2.37. The number of hydrogen-bond acceptors (Lipinski definition) is 4. The molecular formula is C14H21F3N4. The summed E-state index contributed by atoms with van der Waals surface area (Å²) in [6.07, 6.45) is -2.66. The van der Waals surface area contributed by atoms with Gasteiger partial charge < -0.3 is 15.5 Å². The molecule has 118 valence electrons. The molecule has 2 heterocycles. The zero-order valence-electron chi connectivity index (χ0n) is 12.3. The first kappa shape index (κ1) is 15.9. The summed E-state index contributed by atoms with van der Waals surface area (Å²) in [5.41, 5.74) is 4.83. The molecule has 1 aromatic heterocycles. The van der Waals surface area contributed by atoms with Crippen LogP contribution in [-0.2, 0) is 6.18 Å². The number of rotatable bonds is 2. The monoisotopic (exact) mass is 302 g/mol. The smallest absolute Gasteiger partial charge is 0.384 e. The van der Waals surface area contributed by atoms with E-state index in [-0.39, 0.29) is 11.9 Å². The Morgan fingerprint density at radius 1 is 1.33 bits per heavy atom. The predicted octanol–water partition coefficient (Wildman–Crippen LogP) is 2.60. The van der Waals surface area contributed by atoms with Gasteiger partial charge in [-0.05, 0) is 38.6 Å². The molecule has 0 bridgehead atoms. The Kier molecular flexibility index (Phi) is 4.61. The van der Waals surface area contributed by atoms with Crippen LogP contribution in [0.15, 0.2) is 12.1 Å². The summed E-state index contributed by atoms with van der Waals surface area (Å²) in [7, 11) is 2.03. The minimum absolute atomic E-state index is 0.0905. The molecule has 0 aromatic carbocycles. The Morgan fingerprint density at radius 3 is 2.67 bits per heavy atom. The zero-order valence-corrected chi connectivity index (χ0v) is 12.3. The molecule has 2 rings (SSSR count). The van der Waals surface area contributed by atoms with E-state index in [9.17, 15) is 13.2 Å². The lowest BCUT2D eigenvalue weighted by Gasteiger charge is -2.31. The molecule has 0 radical (unpaired) electrons. The number of hydrogen-bond donors (Lipinski definition) is 1. The van der Waals surface area contributed by atoms with Crippen LogP contribution in [0.2, 0.25) is 0 Å². The fraction of sp³-hybridized carbons (Fsp3) is 0.643. The molecule has 1 atom stereocenters. The molecule has 1 aliphatic heterocycles. The van der Waals surface area contributed by atoms with Crippen molar-refractivity contribution >= 4 is 11.6 Å². The second-order valence-corrected chi connectivity index (χ2v) is 5.51. The third-order valence-corrected chi connectivity index (χ3v) is 3.83. The molecule has 1 fully saturated rings. The average molecular weight is 302 g/mol. The minimum atomic E-state index is -4.41. The molecule has 1 aromatic rings. The Hall–Kier alpha value is -1.50. The lowest BCUT2D eigenvalue weighted by Crippen LogP contribution is -2.40. The third-order valence-electron chi connectivity index (χ3n) is 3.83. The Morgan fingerprint density at radius 2 is 2.05 bits per heavy atom. The first-order valence-electron chi connectivity index (χ1n) is 7.11. The van der Waals surface area contributed by atoms with E-state index >= 15 is 0 Å². The van der Waals surface area contributed by atoms with Crippen molar-refractivity contribution in [3.63, 3.8) is 0 Å².